The van der Waals surface area contributed by atoms with Gasteiger partial charge in [-0.1, -0.05) is 78.3 Å². The first-order chi connectivity index (χ1) is 20.9. The Morgan fingerprint density at radius 1 is 0.795 bits per heavy atom. The highest BCUT2D eigenvalue weighted by Gasteiger charge is 2.42. The molecule has 10 nitrogen and oxygen atoms in total. The Morgan fingerprint density at radius 3 is 2.09 bits per heavy atom. The maximum absolute atomic E-state index is 12.6. The van der Waals surface area contributed by atoms with Crippen LogP contribution >= 0.6 is 11.6 Å². The van der Waals surface area contributed by atoms with Crippen molar-refractivity contribution in [1.29, 1.82) is 0 Å². The zero-order valence-corrected chi connectivity index (χ0v) is 23.8. The van der Waals surface area contributed by atoms with Crippen molar-refractivity contribution in [3.63, 3.8) is 0 Å². The number of carbonyl (C=O) groups is 5. The molecule has 1 atom stereocenters. The molecule has 14 heteroatoms. The normalized spacial score (nSPS) is 11.5. The molecule has 4 N–H and O–H groups in total. The molecule has 0 saturated carbocycles. The second-order valence-electron chi connectivity index (χ2n) is 9.31. The van der Waals surface area contributed by atoms with E-state index >= 15 is 0 Å². The largest absolute Gasteiger partial charge is 0.491 e. The van der Waals surface area contributed by atoms with Gasteiger partial charge < -0.3 is 26.0 Å². The summed E-state index contributed by atoms with van der Waals surface area (Å²) in [4.78, 5) is 60.0. The van der Waals surface area contributed by atoms with Gasteiger partial charge in [-0.15, -0.1) is 0 Å². The number of nitrogens with one attached hydrogen (secondary N) is 4. The predicted molar refractivity (Wildman–Crippen MR) is 155 cm³/mol. The summed E-state index contributed by atoms with van der Waals surface area (Å²) in [5.41, 5.74) is 2.45. The van der Waals surface area contributed by atoms with Gasteiger partial charge in [-0.05, 0) is 35.2 Å². The molecule has 0 aromatic heterocycles. The zero-order chi connectivity index (χ0) is 32.1. The van der Waals surface area contributed by atoms with Crippen LogP contribution in [0, 0.1) is 0 Å². The van der Waals surface area contributed by atoms with E-state index in [9.17, 15) is 37.1 Å². The number of urea groups is 1. The van der Waals surface area contributed by atoms with E-state index in [4.69, 9.17) is 11.6 Å². The molecule has 0 heterocycles. The van der Waals surface area contributed by atoms with Crippen molar-refractivity contribution in [2.45, 2.75) is 31.5 Å². The monoisotopic (exact) mass is 632 g/mol. The first kappa shape index (κ1) is 33.6. The van der Waals surface area contributed by atoms with Crippen molar-refractivity contribution in [3.05, 3.63) is 89.4 Å². The van der Waals surface area contributed by atoms with Gasteiger partial charge in [-0.3, -0.25) is 14.4 Å². The van der Waals surface area contributed by atoms with Gasteiger partial charge in [-0.25, -0.2) is 9.59 Å². The molecule has 4 amide bonds. The third kappa shape index (κ3) is 11.1. The number of para-hydroxylation sites is 1. The highest BCUT2D eigenvalue weighted by molar-refractivity contribution is 6.33. The average molecular weight is 633 g/mol. The molecule has 1 unspecified atom stereocenters. The summed E-state index contributed by atoms with van der Waals surface area (Å²) in [6.45, 7) is -0.357. The molecular weight excluding hydrogens is 605 g/mol. The van der Waals surface area contributed by atoms with Gasteiger partial charge in [0.1, 0.15) is 0 Å². The quantitative estimate of drug-likeness (QED) is 0.127. The molecule has 3 aromatic rings. The molecule has 0 spiro atoms. The Balaban J connectivity index is 1.51. The van der Waals surface area contributed by atoms with Crippen molar-refractivity contribution in [3.8, 4) is 11.1 Å². The smallest absolute Gasteiger partial charge is 0.386 e. The minimum atomic E-state index is -5.37. The van der Waals surface area contributed by atoms with E-state index in [-0.39, 0.29) is 19.4 Å². The second-order valence-corrected chi connectivity index (χ2v) is 9.72. The summed E-state index contributed by atoms with van der Waals surface area (Å²) in [6, 6.07) is 20.7. The maximum atomic E-state index is 12.6. The van der Waals surface area contributed by atoms with Crippen molar-refractivity contribution in [2.24, 2.45) is 0 Å². The Morgan fingerprint density at radius 2 is 1.43 bits per heavy atom. The van der Waals surface area contributed by atoms with Crippen LogP contribution in [0.3, 0.4) is 0 Å². The number of halogens is 4. The number of hydrogen-bond acceptors (Lipinski definition) is 6. The van der Waals surface area contributed by atoms with E-state index in [0.717, 1.165) is 11.1 Å². The average Bonchev–Trinajstić information content (AvgIpc) is 2.99. The lowest BCUT2D eigenvalue weighted by Gasteiger charge is -2.19. The lowest BCUT2D eigenvalue weighted by molar-refractivity contribution is -0.202. The SMILES string of the molecule is O=C(CCCNC(=O)Nc1ccccc1Cl)NCC(=O)NC(CC(=O)OC(=O)C(F)(F)F)c1ccc(-c2ccccc2)cc1. The molecule has 0 aliphatic rings. The molecule has 44 heavy (non-hydrogen) atoms. The van der Waals surface area contributed by atoms with Crippen LogP contribution in [0.15, 0.2) is 78.9 Å². The highest BCUT2D eigenvalue weighted by atomic mass is 35.5. The third-order valence-corrected chi connectivity index (χ3v) is 6.33. The zero-order valence-electron chi connectivity index (χ0n) is 23.1. The first-order valence-electron chi connectivity index (χ1n) is 13.2. The fraction of sp³-hybridized carbons (Fsp3) is 0.233. The molecule has 3 aromatic carbocycles. The van der Waals surface area contributed by atoms with Crippen molar-refractivity contribution in [1.82, 2.24) is 16.0 Å². The highest BCUT2D eigenvalue weighted by Crippen LogP contribution is 2.25. The summed E-state index contributed by atoms with van der Waals surface area (Å²) in [6.07, 6.45) is -5.94. The summed E-state index contributed by atoms with van der Waals surface area (Å²) in [7, 11) is 0. The molecular formula is C30H28ClF3N4O6. The van der Waals surface area contributed by atoms with Crippen molar-refractivity contribution in [2.75, 3.05) is 18.4 Å². The number of rotatable bonds is 12. The third-order valence-electron chi connectivity index (χ3n) is 6.00. The van der Waals surface area contributed by atoms with Gasteiger partial charge >= 0.3 is 24.1 Å². The fourth-order valence-corrected chi connectivity index (χ4v) is 4.04. The van der Waals surface area contributed by atoms with Crippen LogP contribution in [0.25, 0.3) is 11.1 Å². The van der Waals surface area contributed by atoms with Gasteiger partial charge in [0.2, 0.25) is 11.8 Å². The number of anilines is 1. The minimum Gasteiger partial charge on any atom is -0.386 e. The standard InChI is InChI=1S/C30H28ClF3N4O6/c31-22-9-4-5-10-23(22)38-29(43)35-16-6-11-25(39)36-18-26(40)37-24(17-27(41)44-28(42)30(32,33)34)21-14-12-20(13-15-21)19-7-2-1-3-8-19/h1-5,7-10,12-15,24H,6,11,16-18H2,(H,36,39)(H,37,40)(H2,35,38,43). The van der Waals surface area contributed by atoms with Gasteiger partial charge in [-0.2, -0.15) is 13.2 Å². The van der Waals surface area contributed by atoms with Crippen LogP contribution in [0.2, 0.25) is 5.02 Å². The molecule has 0 aliphatic carbocycles. The van der Waals surface area contributed by atoms with E-state index in [0.29, 0.717) is 16.3 Å². The first-order valence-corrected chi connectivity index (χ1v) is 13.6. The van der Waals surface area contributed by atoms with Gasteiger partial charge in [0, 0.05) is 13.0 Å². The second kappa shape index (κ2) is 16.1. The molecule has 0 saturated heterocycles. The molecule has 0 fully saturated rings. The summed E-state index contributed by atoms with van der Waals surface area (Å²) >= 11 is 5.98. The van der Waals surface area contributed by atoms with Crippen LogP contribution in [-0.2, 0) is 23.9 Å². The van der Waals surface area contributed by atoms with E-state index in [2.05, 4.69) is 26.0 Å². The number of amides is 4. The van der Waals surface area contributed by atoms with Crippen LogP contribution in [-0.4, -0.2) is 49.0 Å². The van der Waals surface area contributed by atoms with Crippen LogP contribution in [0.1, 0.15) is 30.9 Å². The topological polar surface area (TPSA) is 143 Å². The van der Waals surface area contributed by atoms with Gasteiger partial charge in [0.25, 0.3) is 0 Å². The van der Waals surface area contributed by atoms with Crippen LogP contribution < -0.4 is 21.3 Å². The van der Waals surface area contributed by atoms with E-state index < -0.39 is 55.0 Å². The molecule has 0 bridgehead atoms. The molecule has 0 radical (unpaired) electrons. The van der Waals surface area contributed by atoms with Crippen LogP contribution in [0.4, 0.5) is 23.7 Å². The predicted octanol–water partition coefficient (Wildman–Crippen LogP) is 4.90. The van der Waals surface area contributed by atoms with Gasteiger partial charge in [0.05, 0.1) is 29.7 Å². The Kier molecular flexibility index (Phi) is 12.3. The lowest BCUT2D eigenvalue weighted by Crippen LogP contribution is -2.40. The summed E-state index contributed by atoms with van der Waals surface area (Å²) in [5, 5.41) is 10.4. The summed E-state index contributed by atoms with van der Waals surface area (Å²) < 4.78 is 41.5. The fourth-order valence-electron chi connectivity index (χ4n) is 3.85. The Hall–Kier alpha value is -4.91. The van der Waals surface area contributed by atoms with Crippen LogP contribution in [0.5, 0.6) is 0 Å². The molecule has 3 rings (SSSR count). The lowest BCUT2D eigenvalue weighted by atomic mass is 9.99. The number of benzene rings is 3. The molecule has 232 valence electrons. The maximum Gasteiger partial charge on any atom is 0.491 e. The Bertz CT molecular complexity index is 1470. The van der Waals surface area contributed by atoms with Crippen molar-refractivity contribution < 1.29 is 41.9 Å². The van der Waals surface area contributed by atoms with E-state index in [1.165, 1.54) is 0 Å². The Labute approximate surface area is 255 Å². The number of esters is 2. The molecule has 0 aliphatic heterocycles. The van der Waals surface area contributed by atoms with Gasteiger partial charge in [0.15, 0.2) is 0 Å². The number of ether oxygens (including phenoxy) is 1. The number of carbonyl (C=O) groups excluding carboxylic acids is 5. The minimum absolute atomic E-state index is 0.0318. The van der Waals surface area contributed by atoms with E-state index in [1.54, 1.807) is 48.5 Å². The number of hydrogen-bond donors (Lipinski definition) is 4. The summed E-state index contributed by atoms with van der Waals surface area (Å²) in [5.74, 6) is -5.43. The number of alkyl halides is 3. The van der Waals surface area contributed by atoms with Crippen molar-refractivity contribution >= 4 is 47.1 Å². The van der Waals surface area contributed by atoms with E-state index in [1.807, 2.05) is 30.3 Å².